The monoisotopic (exact) mass is 373 g/mol. The molecule has 1 aliphatic rings. The highest BCUT2D eigenvalue weighted by atomic mass is 32.2. The first-order valence-corrected chi connectivity index (χ1v) is 10.1. The predicted octanol–water partition coefficient (Wildman–Crippen LogP) is 3.29. The van der Waals surface area contributed by atoms with Gasteiger partial charge < -0.3 is 0 Å². The molecule has 0 radical (unpaired) electrons. The van der Waals surface area contributed by atoms with Crippen molar-refractivity contribution in [2.75, 3.05) is 11.1 Å². The zero-order valence-corrected chi connectivity index (χ0v) is 15.9. The van der Waals surface area contributed by atoms with Crippen LogP contribution in [-0.2, 0) is 24.1 Å². The first-order valence-electron chi connectivity index (χ1n) is 8.29. The molecule has 8 heteroatoms. The van der Waals surface area contributed by atoms with Crippen LogP contribution in [-0.4, -0.2) is 26.8 Å². The summed E-state index contributed by atoms with van der Waals surface area (Å²) in [5.74, 6) is 0.0969. The van der Waals surface area contributed by atoms with E-state index in [2.05, 4.69) is 26.6 Å². The largest absolute Gasteiger partial charge is 0.300 e. The van der Waals surface area contributed by atoms with Gasteiger partial charge in [0.15, 0.2) is 0 Å². The Kier molecular flexibility index (Phi) is 5.66. The van der Waals surface area contributed by atoms with Crippen LogP contribution < -0.4 is 5.32 Å². The molecule has 3 rings (SSSR count). The summed E-state index contributed by atoms with van der Waals surface area (Å²) in [5, 5.41) is 22.3. The van der Waals surface area contributed by atoms with Crippen LogP contribution in [0.5, 0.6) is 0 Å². The molecule has 2 aromatic heterocycles. The van der Waals surface area contributed by atoms with E-state index in [1.54, 1.807) is 0 Å². The summed E-state index contributed by atoms with van der Waals surface area (Å²) in [6.45, 7) is 4.04. The lowest BCUT2D eigenvalue weighted by Crippen LogP contribution is -2.15. The number of hydrogen-bond acceptors (Lipinski definition) is 7. The third kappa shape index (κ3) is 3.99. The second kappa shape index (κ2) is 7.93. The van der Waals surface area contributed by atoms with Crippen LogP contribution in [0.15, 0.2) is 5.03 Å². The van der Waals surface area contributed by atoms with E-state index < -0.39 is 0 Å². The number of aryl methyl sites for hydroxylation is 1. The number of fused-ring (bicyclic) bond motifs is 1. The van der Waals surface area contributed by atoms with Crippen LogP contribution in [0.4, 0.5) is 5.13 Å². The van der Waals surface area contributed by atoms with E-state index in [1.807, 2.05) is 13.8 Å². The zero-order valence-electron chi connectivity index (χ0n) is 14.3. The van der Waals surface area contributed by atoms with Gasteiger partial charge in [-0.25, -0.2) is 4.98 Å². The van der Waals surface area contributed by atoms with Gasteiger partial charge in [-0.05, 0) is 55.7 Å². The minimum absolute atomic E-state index is 0.138. The molecule has 1 N–H and O–H groups in total. The maximum Gasteiger partial charge on any atom is 0.236 e. The van der Waals surface area contributed by atoms with Crippen molar-refractivity contribution in [2.45, 2.75) is 51.0 Å². The summed E-state index contributed by atoms with van der Waals surface area (Å²) in [7, 11) is 0. The Hall–Kier alpha value is -1.98. The highest BCUT2D eigenvalue weighted by Crippen LogP contribution is 2.32. The molecule has 25 heavy (non-hydrogen) atoms. The third-order valence-corrected chi connectivity index (χ3v) is 6.26. The van der Waals surface area contributed by atoms with E-state index in [9.17, 15) is 10.1 Å². The number of carbonyl (C=O) groups is 1. The van der Waals surface area contributed by atoms with Gasteiger partial charge in [-0.15, -0.1) is 10.2 Å². The summed E-state index contributed by atoms with van der Waals surface area (Å²) in [6, 6.07) is 2.22. The Morgan fingerprint density at radius 3 is 2.76 bits per heavy atom. The van der Waals surface area contributed by atoms with Gasteiger partial charge in [0.25, 0.3) is 0 Å². The summed E-state index contributed by atoms with van der Waals surface area (Å²) in [5.41, 5.74) is 3.97. The molecule has 0 saturated heterocycles. The van der Waals surface area contributed by atoms with E-state index in [-0.39, 0.29) is 11.7 Å². The van der Waals surface area contributed by atoms with E-state index in [1.165, 1.54) is 28.7 Å². The van der Waals surface area contributed by atoms with Crippen molar-refractivity contribution in [3.8, 4) is 6.07 Å². The molecule has 1 amide bonds. The van der Waals surface area contributed by atoms with Crippen molar-refractivity contribution >= 4 is 34.1 Å². The van der Waals surface area contributed by atoms with Crippen LogP contribution in [0.3, 0.4) is 0 Å². The van der Waals surface area contributed by atoms with Crippen molar-refractivity contribution in [1.29, 1.82) is 5.26 Å². The lowest BCUT2D eigenvalue weighted by atomic mass is 9.88. The highest BCUT2D eigenvalue weighted by Gasteiger charge is 2.20. The fraction of sp³-hybridized carbons (Fsp3) is 0.471. The topological polar surface area (TPSA) is 91.6 Å². The van der Waals surface area contributed by atoms with Gasteiger partial charge in [0.1, 0.15) is 21.8 Å². The number of nitriles is 1. The van der Waals surface area contributed by atoms with E-state index >= 15 is 0 Å². The SMILES string of the molecule is CCc1nnc(NC(=O)CSc2nc(C#N)c3c(c2C)CCCC3)s1. The predicted molar refractivity (Wildman–Crippen MR) is 99.0 cm³/mol. The zero-order chi connectivity index (χ0) is 17.8. The number of anilines is 1. The van der Waals surface area contributed by atoms with Crippen LogP contribution in [0.25, 0.3) is 0 Å². The minimum atomic E-state index is -0.138. The molecule has 0 atom stereocenters. The van der Waals surface area contributed by atoms with Crippen molar-refractivity contribution in [3.63, 3.8) is 0 Å². The first kappa shape index (κ1) is 17.8. The average molecular weight is 374 g/mol. The molecule has 0 aliphatic heterocycles. The average Bonchev–Trinajstić information content (AvgIpc) is 3.09. The van der Waals surface area contributed by atoms with Crippen LogP contribution in [0, 0.1) is 18.3 Å². The highest BCUT2D eigenvalue weighted by molar-refractivity contribution is 8.00. The number of amides is 1. The molecule has 2 heterocycles. The van der Waals surface area contributed by atoms with Gasteiger partial charge in [0, 0.05) is 0 Å². The lowest BCUT2D eigenvalue weighted by Gasteiger charge is -2.20. The number of nitrogens with one attached hydrogen (secondary N) is 1. The van der Waals surface area contributed by atoms with Crippen LogP contribution in [0.1, 0.15) is 47.2 Å². The standard InChI is InChI=1S/C17H19N5OS2/c1-3-15-21-22-17(25-15)20-14(23)9-24-16-10(2)11-6-4-5-7-12(11)13(8-18)19-16/h3-7,9H2,1-2H3,(H,20,22,23). The number of nitrogens with zero attached hydrogens (tertiary/aromatic N) is 4. The second-order valence-electron chi connectivity index (χ2n) is 5.86. The molecule has 0 fully saturated rings. The number of aromatic nitrogens is 3. The van der Waals surface area contributed by atoms with Gasteiger partial charge in [-0.2, -0.15) is 5.26 Å². The van der Waals surface area contributed by atoms with E-state index in [0.29, 0.717) is 10.8 Å². The molecule has 1 aliphatic carbocycles. The fourth-order valence-corrected chi connectivity index (χ4v) is 4.46. The van der Waals surface area contributed by atoms with E-state index in [0.717, 1.165) is 53.3 Å². The van der Waals surface area contributed by atoms with Crippen molar-refractivity contribution in [1.82, 2.24) is 15.2 Å². The molecular formula is C17H19N5OS2. The van der Waals surface area contributed by atoms with Crippen molar-refractivity contribution in [2.24, 2.45) is 0 Å². The Morgan fingerprint density at radius 2 is 2.08 bits per heavy atom. The Bertz CT molecular complexity index is 840. The molecule has 0 unspecified atom stereocenters. The molecule has 0 spiro atoms. The van der Waals surface area contributed by atoms with Gasteiger partial charge in [-0.3, -0.25) is 10.1 Å². The van der Waals surface area contributed by atoms with Gasteiger partial charge >= 0.3 is 0 Å². The number of rotatable bonds is 5. The molecule has 0 saturated carbocycles. The Morgan fingerprint density at radius 1 is 1.32 bits per heavy atom. The molecular weight excluding hydrogens is 354 g/mol. The second-order valence-corrected chi connectivity index (χ2v) is 7.88. The van der Waals surface area contributed by atoms with Crippen LogP contribution in [0.2, 0.25) is 0 Å². The maximum atomic E-state index is 12.2. The lowest BCUT2D eigenvalue weighted by molar-refractivity contribution is -0.113. The van der Waals surface area contributed by atoms with Gasteiger partial charge in [-0.1, -0.05) is 30.0 Å². The quantitative estimate of drug-likeness (QED) is 0.809. The molecule has 0 bridgehead atoms. The normalized spacial score (nSPS) is 13.2. The number of hydrogen-bond donors (Lipinski definition) is 1. The van der Waals surface area contributed by atoms with Crippen molar-refractivity contribution < 1.29 is 4.79 Å². The van der Waals surface area contributed by atoms with Crippen molar-refractivity contribution in [3.05, 3.63) is 27.4 Å². The maximum absolute atomic E-state index is 12.2. The first-order chi connectivity index (χ1) is 12.1. The summed E-state index contributed by atoms with van der Waals surface area (Å²) in [4.78, 5) is 16.6. The molecule has 0 aromatic carbocycles. The number of carbonyl (C=O) groups excluding carboxylic acids is 1. The number of pyridine rings is 1. The molecule has 6 nitrogen and oxygen atoms in total. The Labute approximate surface area is 155 Å². The molecule has 2 aromatic rings. The minimum Gasteiger partial charge on any atom is -0.300 e. The van der Waals surface area contributed by atoms with Gasteiger partial charge in [0.2, 0.25) is 11.0 Å². The molecule has 130 valence electrons. The summed E-state index contributed by atoms with van der Waals surface area (Å²) >= 11 is 2.76. The van der Waals surface area contributed by atoms with E-state index in [4.69, 9.17) is 0 Å². The Balaban J connectivity index is 1.70. The smallest absolute Gasteiger partial charge is 0.236 e. The van der Waals surface area contributed by atoms with Gasteiger partial charge in [0.05, 0.1) is 5.75 Å². The third-order valence-electron chi connectivity index (χ3n) is 4.20. The summed E-state index contributed by atoms with van der Waals surface area (Å²) in [6.07, 6.45) is 4.97. The number of thioether (sulfide) groups is 1. The summed E-state index contributed by atoms with van der Waals surface area (Å²) < 4.78 is 0. The fourth-order valence-electron chi connectivity index (χ4n) is 2.93. The van der Waals surface area contributed by atoms with Crippen LogP contribution >= 0.6 is 23.1 Å².